The van der Waals surface area contributed by atoms with Crippen LogP contribution < -0.4 is 5.73 Å². The summed E-state index contributed by atoms with van der Waals surface area (Å²) in [6.07, 6.45) is 0. The number of carbonyl (C=O) groups is 1. The fraction of sp³-hybridized carbons (Fsp3) is 0. The molecule has 15 heavy (non-hydrogen) atoms. The Morgan fingerprint density at radius 1 is 1.40 bits per heavy atom. The lowest BCUT2D eigenvalue weighted by molar-refractivity contribution is -0.129. The average molecular weight is 226 g/mol. The Morgan fingerprint density at radius 3 is 2.67 bits per heavy atom. The van der Waals surface area contributed by atoms with Crippen LogP contribution in [0.2, 0.25) is 0 Å². The lowest BCUT2D eigenvalue weighted by Gasteiger charge is -1.98. The molecular formula is C8H6N2O4S. The Labute approximate surface area is 85.1 Å². The number of nitrogens with zero attached hydrogens (tertiary/aromatic N) is 1. The summed E-state index contributed by atoms with van der Waals surface area (Å²) in [5, 5.41) is 8.74. The summed E-state index contributed by atoms with van der Waals surface area (Å²) in [6.45, 7) is 0. The Bertz CT molecular complexity index is 589. The summed E-state index contributed by atoms with van der Waals surface area (Å²) in [4.78, 5) is 10.6. The van der Waals surface area contributed by atoms with Crippen LogP contribution in [0.3, 0.4) is 0 Å². The van der Waals surface area contributed by atoms with E-state index in [1.165, 1.54) is 18.2 Å². The molecule has 1 aromatic rings. The highest BCUT2D eigenvalue weighted by molar-refractivity contribution is 7.90. The molecule has 0 atom stereocenters. The van der Waals surface area contributed by atoms with E-state index in [1.54, 1.807) is 0 Å². The number of fused-ring (bicyclic) bond motifs is 1. The highest BCUT2D eigenvalue weighted by Gasteiger charge is 2.32. The summed E-state index contributed by atoms with van der Waals surface area (Å²) in [7, 11) is -3.90. The number of hydrogen-bond donors (Lipinski definition) is 2. The summed E-state index contributed by atoms with van der Waals surface area (Å²) in [6, 6.07) is 3.96. The van der Waals surface area contributed by atoms with E-state index in [1.807, 2.05) is 0 Å². The molecule has 78 valence electrons. The molecule has 1 aliphatic rings. The molecule has 0 bridgehead atoms. The first kappa shape index (κ1) is 9.66. The fourth-order valence-corrected chi connectivity index (χ4v) is 2.56. The maximum absolute atomic E-state index is 11.4. The minimum atomic E-state index is -3.90. The number of hydrogen-bond acceptors (Lipinski definition) is 4. The van der Waals surface area contributed by atoms with E-state index < -0.39 is 21.7 Å². The van der Waals surface area contributed by atoms with Crippen molar-refractivity contribution in [3.8, 4) is 0 Å². The zero-order valence-corrected chi connectivity index (χ0v) is 8.15. The summed E-state index contributed by atoms with van der Waals surface area (Å²) in [5.74, 6) is -1.37. The van der Waals surface area contributed by atoms with Gasteiger partial charge in [-0.15, -0.1) is 0 Å². The van der Waals surface area contributed by atoms with Crippen molar-refractivity contribution >= 4 is 27.4 Å². The number of anilines is 1. The van der Waals surface area contributed by atoms with Crippen LogP contribution in [0.4, 0.5) is 5.69 Å². The number of rotatable bonds is 1. The third-order valence-electron chi connectivity index (χ3n) is 1.95. The largest absolute Gasteiger partial charge is 0.476 e. The number of benzene rings is 1. The second-order valence-electron chi connectivity index (χ2n) is 2.98. The van der Waals surface area contributed by atoms with Gasteiger partial charge in [-0.05, 0) is 18.2 Å². The number of aliphatic carboxylic acids is 1. The van der Waals surface area contributed by atoms with Gasteiger partial charge in [0.1, 0.15) is 4.90 Å². The van der Waals surface area contributed by atoms with Gasteiger partial charge in [-0.2, -0.15) is 12.8 Å². The maximum Gasteiger partial charge on any atom is 0.356 e. The Kier molecular flexibility index (Phi) is 1.80. The van der Waals surface area contributed by atoms with Crippen LogP contribution in [0.1, 0.15) is 5.56 Å². The van der Waals surface area contributed by atoms with Crippen LogP contribution in [0.15, 0.2) is 27.5 Å². The van der Waals surface area contributed by atoms with Gasteiger partial charge >= 0.3 is 5.97 Å². The standard InChI is InChI=1S/C8H6N2O4S/c9-4-1-2-5-6(3-4)15(13,14)10-7(5)8(11)12/h1-3H,9H2,(H,11,12). The molecule has 1 aliphatic heterocycles. The van der Waals surface area contributed by atoms with Crippen LogP contribution in [-0.4, -0.2) is 25.2 Å². The van der Waals surface area contributed by atoms with Crippen LogP contribution in [0.25, 0.3) is 0 Å². The lowest BCUT2D eigenvalue weighted by Crippen LogP contribution is -2.12. The van der Waals surface area contributed by atoms with Gasteiger partial charge in [-0.1, -0.05) is 0 Å². The van der Waals surface area contributed by atoms with Gasteiger partial charge in [0.05, 0.1) is 0 Å². The first-order chi connectivity index (χ1) is 6.92. The minimum absolute atomic E-state index is 0.0803. The summed E-state index contributed by atoms with van der Waals surface area (Å²) in [5.41, 5.74) is 5.27. The SMILES string of the molecule is Nc1ccc2c(c1)S(=O)(=O)N=C2C(=O)O. The van der Waals surface area contributed by atoms with Crippen LogP contribution >= 0.6 is 0 Å². The molecule has 0 unspecified atom stereocenters. The minimum Gasteiger partial charge on any atom is -0.476 e. The van der Waals surface area contributed by atoms with Crippen molar-refractivity contribution in [3.05, 3.63) is 23.8 Å². The normalized spacial score (nSPS) is 16.9. The molecule has 0 fully saturated rings. The molecular weight excluding hydrogens is 220 g/mol. The zero-order valence-electron chi connectivity index (χ0n) is 7.34. The van der Waals surface area contributed by atoms with Crippen molar-refractivity contribution in [2.75, 3.05) is 5.73 Å². The second kappa shape index (κ2) is 2.80. The highest BCUT2D eigenvalue weighted by Crippen LogP contribution is 2.28. The topological polar surface area (TPSA) is 110 Å². The van der Waals surface area contributed by atoms with Crippen molar-refractivity contribution in [1.82, 2.24) is 0 Å². The molecule has 0 aliphatic carbocycles. The molecule has 0 amide bonds. The van der Waals surface area contributed by atoms with Crippen molar-refractivity contribution in [2.45, 2.75) is 4.90 Å². The predicted molar refractivity (Wildman–Crippen MR) is 52.2 cm³/mol. The lowest BCUT2D eigenvalue weighted by atomic mass is 10.1. The quantitative estimate of drug-likeness (QED) is 0.647. The summed E-state index contributed by atoms with van der Waals surface area (Å²) >= 11 is 0. The van der Waals surface area contributed by atoms with Gasteiger partial charge in [-0.25, -0.2) is 4.79 Å². The smallest absolute Gasteiger partial charge is 0.356 e. The van der Waals surface area contributed by atoms with E-state index in [9.17, 15) is 13.2 Å². The number of sulfonamides is 1. The molecule has 0 saturated heterocycles. The number of carboxylic acid groups (broad SMARTS) is 1. The van der Waals surface area contributed by atoms with Crippen LogP contribution in [-0.2, 0) is 14.8 Å². The number of carboxylic acids is 1. The van der Waals surface area contributed by atoms with E-state index in [-0.39, 0.29) is 16.1 Å². The zero-order chi connectivity index (χ0) is 11.2. The Morgan fingerprint density at radius 2 is 2.07 bits per heavy atom. The predicted octanol–water partition coefficient (Wildman–Crippen LogP) is -0.155. The highest BCUT2D eigenvalue weighted by atomic mass is 32.2. The van der Waals surface area contributed by atoms with Gasteiger partial charge in [0.15, 0.2) is 5.71 Å². The van der Waals surface area contributed by atoms with E-state index >= 15 is 0 Å². The molecule has 0 spiro atoms. The number of nitrogen functional groups attached to an aromatic ring is 1. The van der Waals surface area contributed by atoms with E-state index in [0.717, 1.165) is 0 Å². The molecule has 2 rings (SSSR count). The van der Waals surface area contributed by atoms with Crippen LogP contribution in [0, 0.1) is 0 Å². The monoisotopic (exact) mass is 226 g/mol. The number of nitrogens with two attached hydrogens (primary N) is 1. The summed E-state index contributed by atoms with van der Waals surface area (Å²) < 4.78 is 26.0. The molecule has 1 aromatic carbocycles. The van der Waals surface area contributed by atoms with Crippen LogP contribution in [0.5, 0.6) is 0 Å². The van der Waals surface area contributed by atoms with Crippen molar-refractivity contribution < 1.29 is 18.3 Å². The fourth-order valence-electron chi connectivity index (χ4n) is 1.32. The van der Waals surface area contributed by atoms with Gasteiger partial charge in [0, 0.05) is 11.3 Å². The van der Waals surface area contributed by atoms with Gasteiger partial charge in [-0.3, -0.25) is 0 Å². The van der Waals surface area contributed by atoms with Crippen molar-refractivity contribution in [1.29, 1.82) is 0 Å². The second-order valence-corrected chi connectivity index (χ2v) is 4.55. The van der Waals surface area contributed by atoms with Crippen molar-refractivity contribution in [3.63, 3.8) is 0 Å². The molecule has 0 saturated carbocycles. The molecule has 7 heteroatoms. The Balaban J connectivity index is 2.79. The first-order valence-electron chi connectivity index (χ1n) is 3.90. The molecule has 0 aromatic heterocycles. The molecule has 1 heterocycles. The van der Waals surface area contributed by atoms with E-state index in [2.05, 4.69) is 4.40 Å². The average Bonchev–Trinajstić information content (AvgIpc) is 2.39. The van der Waals surface area contributed by atoms with Gasteiger partial charge in [0.25, 0.3) is 10.0 Å². The molecule has 0 radical (unpaired) electrons. The van der Waals surface area contributed by atoms with Crippen molar-refractivity contribution in [2.24, 2.45) is 4.40 Å². The van der Waals surface area contributed by atoms with E-state index in [4.69, 9.17) is 10.8 Å². The third kappa shape index (κ3) is 1.37. The molecule has 6 nitrogen and oxygen atoms in total. The molecule has 3 N–H and O–H groups in total. The first-order valence-corrected chi connectivity index (χ1v) is 5.34. The Hall–Kier alpha value is -1.89. The van der Waals surface area contributed by atoms with Gasteiger partial charge < -0.3 is 10.8 Å². The van der Waals surface area contributed by atoms with E-state index in [0.29, 0.717) is 0 Å². The van der Waals surface area contributed by atoms with Gasteiger partial charge in [0.2, 0.25) is 0 Å². The maximum atomic E-state index is 11.4. The third-order valence-corrected chi connectivity index (χ3v) is 3.27.